The van der Waals surface area contributed by atoms with Crippen LogP contribution in [0, 0.1) is 0 Å². The molecular weight excluding hydrogens is 226 g/mol. The molecule has 1 aliphatic heterocycles. The quantitative estimate of drug-likeness (QED) is 0.875. The number of rotatable bonds is 2. The van der Waals surface area contributed by atoms with Crippen molar-refractivity contribution in [2.45, 2.75) is 45.6 Å². The molecule has 1 aliphatic rings. The highest BCUT2D eigenvalue weighted by atomic mass is 16.5. The molecule has 4 heteroatoms. The summed E-state index contributed by atoms with van der Waals surface area (Å²) in [4.78, 5) is 6.86. The molecule has 1 saturated heterocycles. The number of hydrogen-bond donors (Lipinski definition) is 1. The normalized spacial score (nSPS) is 16.7. The molecule has 2 heterocycles. The van der Waals surface area contributed by atoms with E-state index in [1.807, 2.05) is 32.9 Å². The van der Waals surface area contributed by atoms with E-state index in [1.165, 1.54) is 19.3 Å². The fraction of sp³-hybridized carbons (Fsp3) is 0.643. The van der Waals surface area contributed by atoms with Gasteiger partial charge >= 0.3 is 0 Å². The van der Waals surface area contributed by atoms with Gasteiger partial charge in [0.1, 0.15) is 11.4 Å². The van der Waals surface area contributed by atoms with Crippen LogP contribution in [0.15, 0.2) is 12.1 Å². The van der Waals surface area contributed by atoms with E-state index in [-0.39, 0.29) is 5.60 Å². The predicted molar refractivity (Wildman–Crippen MR) is 75.1 cm³/mol. The molecule has 0 bridgehead atoms. The van der Waals surface area contributed by atoms with Gasteiger partial charge in [-0.1, -0.05) is 0 Å². The van der Waals surface area contributed by atoms with Crippen molar-refractivity contribution < 1.29 is 4.74 Å². The lowest BCUT2D eigenvalue weighted by molar-refractivity contribution is 0.125. The Hall–Kier alpha value is -1.45. The second kappa shape index (κ2) is 5.04. The molecule has 0 aliphatic carbocycles. The third-order valence-electron chi connectivity index (χ3n) is 2.96. The standard InChI is InChI=1S/C14H23N3O/c1-14(2,3)18-13-11(15)7-8-12(16-13)17-9-5-4-6-10-17/h7-8H,4-6,9-10,15H2,1-3H3. The zero-order valence-electron chi connectivity index (χ0n) is 11.6. The van der Waals surface area contributed by atoms with E-state index in [4.69, 9.17) is 10.5 Å². The Balaban J connectivity index is 2.19. The number of nitrogens with two attached hydrogens (primary N) is 1. The number of hydrogen-bond acceptors (Lipinski definition) is 4. The summed E-state index contributed by atoms with van der Waals surface area (Å²) in [6.07, 6.45) is 3.79. The molecule has 100 valence electrons. The van der Waals surface area contributed by atoms with E-state index < -0.39 is 0 Å². The van der Waals surface area contributed by atoms with Crippen LogP contribution in [0.25, 0.3) is 0 Å². The first-order valence-corrected chi connectivity index (χ1v) is 6.66. The van der Waals surface area contributed by atoms with E-state index in [1.54, 1.807) is 0 Å². The predicted octanol–water partition coefficient (Wildman–Crippen LogP) is 2.83. The first-order valence-electron chi connectivity index (χ1n) is 6.66. The Bertz CT molecular complexity index is 406. The number of ether oxygens (including phenoxy) is 1. The van der Waals surface area contributed by atoms with Gasteiger partial charge in [-0.25, -0.2) is 0 Å². The van der Waals surface area contributed by atoms with Crippen LogP contribution >= 0.6 is 0 Å². The molecule has 0 aromatic carbocycles. The van der Waals surface area contributed by atoms with Crippen molar-refractivity contribution in [1.82, 2.24) is 4.98 Å². The summed E-state index contributed by atoms with van der Waals surface area (Å²) in [6.45, 7) is 8.16. The number of anilines is 2. The third-order valence-corrected chi connectivity index (χ3v) is 2.96. The molecule has 1 fully saturated rings. The first-order chi connectivity index (χ1) is 8.46. The van der Waals surface area contributed by atoms with E-state index in [9.17, 15) is 0 Å². The van der Waals surface area contributed by atoms with Gasteiger partial charge < -0.3 is 15.4 Å². The summed E-state index contributed by atoms with van der Waals surface area (Å²) in [5.74, 6) is 1.52. The smallest absolute Gasteiger partial charge is 0.239 e. The molecule has 2 rings (SSSR count). The lowest BCUT2D eigenvalue weighted by atomic mass is 10.1. The van der Waals surface area contributed by atoms with E-state index in [0.717, 1.165) is 18.9 Å². The Morgan fingerprint density at radius 2 is 1.83 bits per heavy atom. The maximum Gasteiger partial charge on any atom is 0.239 e. The molecule has 0 saturated carbocycles. The fourth-order valence-corrected chi connectivity index (χ4v) is 2.11. The SMILES string of the molecule is CC(C)(C)Oc1nc(N2CCCCC2)ccc1N. The molecule has 1 aromatic rings. The second-order valence-electron chi connectivity index (χ2n) is 5.83. The van der Waals surface area contributed by atoms with Crippen molar-refractivity contribution in [2.75, 3.05) is 23.7 Å². The van der Waals surface area contributed by atoms with Gasteiger partial charge in [0.2, 0.25) is 5.88 Å². The lowest BCUT2D eigenvalue weighted by Gasteiger charge is -2.29. The minimum Gasteiger partial charge on any atom is -0.470 e. The summed E-state index contributed by atoms with van der Waals surface area (Å²) >= 11 is 0. The monoisotopic (exact) mass is 249 g/mol. The van der Waals surface area contributed by atoms with E-state index >= 15 is 0 Å². The highest BCUT2D eigenvalue weighted by Crippen LogP contribution is 2.27. The van der Waals surface area contributed by atoms with Gasteiger partial charge in [-0.2, -0.15) is 4.98 Å². The fourth-order valence-electron chi connectivity index (χ4n) is 2.11. The topological polar surface area (TPSA) is 51.4 Å². The van der Waals surface area contributed by atoms with Crippen LogP contribution in [0.2, 0.25) is 0 Å². The van der Waals surface area contributed by atoms with Crippen molar-refractivity contribution in [2.24, 2.45) is 0 Å². The molecule has 0 atom stereocenters. The maximum absolute atomic E-state index is 5.92. The molecule has 1 aromatic heterocycles. The third kappa shape index (κ3) is 3.28. The van der Waals surface area contributed by atoms with Crippen molar-refractivity contribution in [1.29, 1.82) is 0 Å². The second-order valence-corrected chi connectivity index (χ2v) is 5.83. The summed E-state index contributed by atoms with van der Waals surface area (Å²) in [5, 5.41) is 0. The Morgan fingerprint density at radius 1 is 1.17 bits per heavy atom. The summed E-state index contributed by atoms with van der Waals surface area (Å²) < 4.78 is 5.80. The summed E-state index contributed by atoms with van der Waals surface area (Å²) in [5.41, 5.74) is 6.25. The van der Waals surface area contributed by atoms with Crippen molar-refractivity contribution >= 4 is 11.5 Å². The van der Waals surface area contributed by atoms with Crippen LogP contribution in [0.1, 0.15) is 40.0 Å². The van der Waals surface area contributed by atoms with Crippen LogP contribution < -0.4 is 15.4 Å². The van der Waals surface area contributed by atoms with Crippen molar-refractivity contribution in [3.63, 3.8) is 0 Å². The van der Waals surface area contributed by atoms with Crippen LogP contribution in [-0.4, -0.2) is 23.7 Å². The number of nitrogens with zero attached hydrogens (tertiary/aromatic N) is 2. The maximum atomic E-state index is 5.92. The van der Waals surface area contributed by atoms with Gasteiger partial charge in [0, 0.05) is 13.1 Å². The highest BCUT2D eigenvalue weighted by Gasteiger charge is 2.18. The molecule has 0 unspecified atom stereocenters. The van der Waals surface area contributed by atoms with Gasteiger partial charge in [0.05, 0.1) is 5.69 Å². The highest BCUT2D eigenvalue weighted by molar-refractivity contribution is 5.54. The van der Waals surface area contributed by atoms with Crippen LogP contribution in [0.5, 0.6) is 5.88 Å². The zero-order chi connectivity index (χ0) is 13.2. The van der Waals surface area contributed by atoms with Gasteiger partial charge in [0.15, 0.2) is 0 Å². The van der Waals surface area contributed by atoms with Crippen LogP contribution in [-0.2, 0) is 0 Å². The molecule has 2 N–H and O–H groups in total. The summed E-state index contributed by atoms with van der Waals surface area (Å²) in [6, 6.07) is 3.87. The van der Waals surface area contributed by atoms with E-state index in [0.29, 0.717) is 11.6 Å². The number of nitrogen functional groups attached to an aromatic ring is 1. The van der Waals surface area contributed by atoms with Gasteiger partial charge in [-0.15, -0.1) is 0 Å². The van der Waals surface area contributed by atoms with E-state index in [2.05, 4.69) is 9.88 Å². The minimum absolute atomic E-state index is 0.276. The number of pyridine rings is 1. The minimum atomic E-state index is -0.276. The molecule has 4 nitrogen and oxygen atoms in total. The first kappa shape index (κ1) is 13.0. The average Bonchev–Trinajstić information content (AvgIpc) is 2.31. The summed E-state index contributed by atoms with van der Waals surface area (Å²) in [7, 11) is 0. The zero-order valence-corrected chi connectivity index (χ0v) is 11.6. The van der Waals surface area contributed by atoms with Gasteiger partial charge in [-0.3, -0.25) is 0 Å². The Kier molecular flexibility index (Phi) is 3.64. The molecule has 18 heavy (non-hydrogen) atoms. The molecule has 0 radical (unpaired) electrons. The molecule has 0 spiro atoms. The average molecular weight is 249 g/mol. The van der Waals surface area contributed by atoms with Gasteiger partial charge in [-0.05, 0) is 52.2 Å². The number of aromatic nitrogens is 1. The number of piperidine rings is 1. The van der Waals surface area contributed by atoms with Crippen LogP contribution in [0.3, 0.4) is 0 Å². The van der Waals surface area contributed by atoms with Crippen LogP contribution in [0.4, 0.5) is 11.5 Å². The van der Waals surface area contributed by atoms with Crippen molar-refractivity contribution in [3.8, 4) is 5.88 Å². The Labute approximate surface area is 109 Å². The lowest BCUT2D eigenvalue weighted by Crippen LogP contribution is -2.30. The van der Waals surface area contributed by atoms with Crippen molar-refractivity contribution in [3.05, 3.63) is 12.1 Å². The molecule has 0 amide bonds. The van der Waals surface area contributed by atoms with Gasteiger partial charge in [0.25, 0.3) is 0 Å². The largest absolute Gasteiger partial charge is 0.470 e. The molecular formula is C14H23N3O. The Morgan fingerprint density at radius 3 is 2.44 bits per heavy atom.